The number of rotatable bonds is 6. The van der Waals surface area contributed by atoms with Crippen LogP contribution < -0.4 is 5.32 Å². The molecule has 0 spiro atoms. The first-order chi connectivity index (χ1) is 11.7. The van der Waals surface area contributed by atoms with Crippen LogP contribution in [0, 0.1) is 0 Å². The molecule has 0 aromatic heterocycles. The lowest BCUT2D eigenvalue weighted by molar-refractivity contribution is 0.0950. The molecular weight excluding hydrogens is 336 g/mol. The Bertz CT molecular complexity index is 841. The van der Waals surface area contributed by atoms with Crippen LogP contribution in [0.2, 0.25) is 0 Å². The third kappa shape index (κ3) is 4.46. The number of amides is 1. The highest BCUT2D eigenvalue weighted by Gasteiger charge is 2.20. The third-order valence-corrected chi connectivity index (χ3v) is 5.93. The van der Waals surface area contributed by atoms with Crippen molar-refractivity contribution in [3.8, 4) is 0 Å². The van der Waals surface area contributed by atoms with Gasteiger partial charge in [-0.1, -0.05) is 44.2 Å². The van der Waals surface area contributed by atoms with Gasteiger partial charge in [0.25, 0.3) is 5.91 Å². The number of benzene rings is 2. The van der Waals surface area contributed by atoms with Crippen molar-refractivity contribution >= 4 is 15.9 Å². The van der Waals surface area contributed by atoms with E-state index in [2.05, 4.69) is 19.2 Å². The number of carbonyl (C=O) groups excluding carboxylic acids is 1. The molecule has 6 heteroatoms. The molecule has 134 valence electrons. The molecule has 1 N–H and O–H groups in total. The van der Waals surface area contributed by atoms with Crippen LogP contribution in [0.15, 0.2) is 53.4 Å². The first-order valence-electron chi connectivity index (χ1n) is 8.12. The summed E-state index contributed by atoms with van der Waals surface area (Å²) in [7, 11) is -0.579. The Hall–Kier alpha value is -2.18. The molecule has 0 aliphatic carbocycles. The van der Waals surface area contributed by atoms with Crippen molar-refractivity contribution in [3.63, 3.8) is 0 Å². The molecule has 0 unspecified atom stereocenters. The van der Waals surface area contributed by atoms with Crippen LogP contribution >= 0.6 is 0 Å². The molecule has 1 amide bonds. The minimum atomic E-state index is -3.55. The van der Waals surface area contributed by atoms with Gasteiger partial charge >= 0.3 is 0 Å². The lowest BCUT2D eigenvalue weighted by Crippen LogP contribution is -2.27. The van der Waals surface area contributed by atoms with Crippen molar-refractivity contribution in [2.45, 2.75) is 31.2 Å². The van der Waals surface area contributed by atoms with Gasteiger partial charge in [-0.25, -0.2) is 12.7 Å². The highest BCUT2D eigenvalue weighted by Crippen LogP contribution is 2.19. The van der Waals surface area contributed by atoms with Crippen LogP contribution in [0.5, 0.6) is 0 Å². The average molecular weight is 360 g/mol. The minimum absolute atomic E-state index is 0.147. The lowest BCUT2D eigenvalue weighted by atomic mass is 10.0. The Morgan fingerprint density at radius 1 is 1.04 bits per heavy atom. The second kappa shape index (κ2) is 7.80. The van der Waals surface area contributed by atoms with Crippen LogP contribution in [-0.2, 0) is 16.6 Å². The van der Waals surface area contributed by atoms with Gasteiger partial charge in [-0.2, -0.15) is 0 Å². The van der Waals surface area contributed by atoms with Gasteiger partial charge in [-0.05, 0) is 35.2 Å². The Balaban J connectivity index is 2.15. The van der Waals surface area contributed by atoms with E-state index in [1.54, 1.807) is 36.4 Å². The SMILES string of the molecule is CC(C)c1ccc(C(=O)NCc2ccccc2S(=O)(=O)N(C)C)cc1. The highest BCUT2D eigenvalue weighted by atomic mass is 32.2. The van der Waals surface area contributed by atoms with E-state index in [1.807, 2.05) is 12.1 Å². The molecule has 2 rings (SSSR count). The molecule has 2 aromatic carbocycles. The van der Waals surface area contributed by atoms with E-state index in [0.29, 0.717) is 17.0 Å². The second-order valence-electron chi connectivity index (χ2n) is 6.35. The van der Waals surface area contributed by atoms with Crippen molar-refractivity contribution in [2.75, 3.05) is 14.1 Å². The maximum Gasteiger partial charge on any atom is 0.251 e. The van der Waals surface area contributed by atoms with Crippen LogP contribution in [0.1, 0.15) is 41.3 Å². The smallest absolute Gasteiger partial charge is 0.251 e. The van der Waals surface area contributed by atoms with Crippen molar-refractivity contribution in [1.82, 2.24) is 9.62 Å². The lowest BCUT2D eigenvalue weighted by Gasteiger charge is -2.15. The number of nitrogens with one attached hydrogen (secondary N) is 1. The van der Waals surface area contributed by atoms with Crippen LogP contribution in [0.4, 0.5) is 0 Å². The number of sulfonamides is 1. The van der Waals surface area contributed by atoms with Gasteiger partial charge in [0, 0.05) is 26.2 Å². The van der Waals surface area contributed by atoms with Crippen LogP contribution in [0.3, 0.4) is 0 Å². The van der Waals surface area contributed by atoms with E-state index >= 15 is 0 Å². The van der Waals surface area contributed by atoms with Crippen molar-refractivity contribution in [3.05, 3.63) is 65.2 Å². The molecule has 0 fully saturated rings. The van der Waals surface area contributed by atoms with Crippen LogP contribution in [0.25, 0.3) is 0 Å². The first kappa shape index (κ1) is 19.1. The number of hydrogen-bond donors (Lipinski definition) is 1. The minimum Gasteiger partial charge on any atom is -0.348 e. The van der Waals surface area contributed by atoms with Crippen molar-refractivity contribution in [1.29, 1.82) is 0 Å². The fraction of sp³-hybridized carbons (Fsp3) is 0.316. The molecule has 0 bridgehead atoms. The molecule has 2 aromatic rings. The van der Waals surface area contributed by atoms with Crippen molar-refractivity contribution < 1.29 is 13.2 Å². The summed E-state index contributed by atoms with van der Waals surface area (Å²) >= 11 is 0. The zero-order chi connectivity index (χ0) is 18.6. The van der Waals surface area contributed by atoms with Gasteiger partial charge in [0.1, 0.15) is 0 Å². The normalized spacial score (nSPS) is 11.8. The monoisotopic (exact) mass is 360 g/mol. The number of carbonyl (C=O) groups is 1. The molecule has 0 saturated carbocycles. The number of nitrogens with zero attached hydrogens (tertiary/aromatic N) is 1. The Labute approximate surface area is 149 Å². The molecule has 25 heavy (non-hydrogen) atoms. The Kier molecular flexibility index (Phi) is 5.98. The summed E-state index contributed by atoms with van der Waals surface area (Å²) < 4.78 is 25.9. The van der Waals surface area contributed by atoms with Gasteiger partial charge < -0.3 is 5.32 Å². The molecular formula is C19H24N2O3S. The second-order valence-corrected chi connectivity index (χ2v) is 8.47. The Morgan fingerprint density at radius 3 is 2.20 bits per heavy atom. The number of hydrogen-bond acceptors (Lipinski definition) is 3. The molecule has 0 atom stereocenters. The molecule has 0 saturated heterocycles. The zero-order valence-electron chi connectivity index (χ0n) is 15.0. The summed E-state index contributed by atoms with van der Waals surface area (Å²) in [6, 6.07) is 14.1. The molecule has 0 heterocycles. The predicted octanol–water partition coefficient (Wildman–Crippen LogP) is 2.99. The topological polar surface area (TPSA) is 66.5 Å². The van der Waals surface area contributed by atoms with E-state index in [-0.39, 0.29) is 17.3 Å². The summed E-state index contributed by atoms with van der Waals surface area (Å²) in [6.45, 7) is 4.34. The molecule has 0 aliphatic heterocycles. The summed E-state index contributed by atoms with van der Waals surface area (Å²) in [5.41, 5.74) is 2.28. The van der Waals surface area contributed by atoms with Gasteiger partial charge in [0.15, 0.2) is 0 Å². The summed E-state index contributed by atoms with van der Waals surface area (Å²) in [6.07, 6.45) is 0. The summed E-state index contributed by atoms with van der Waals surface area (Å²) in [5, 5.41) is 2.79. The zero-order valence-corrected chi connectivity index (χ0v) is 15.8. The Morgan fingerprint density at radius 2 is 1.64 bits per heavy atom. The average Bonchev–Trinajstić information content (AvgIpc) is 2.59. The van der Waals surface area contributed by atoms with Crippen LogP contribution in [-0.4, -0.2) is 32.7 Å². The van der Waals surface area contributed by atoms with Gasteiger partial charge in [0.2, 0.25) is 10.0 Å². The van der Waals surface area contributed by atoms with E-state index in [4.69, 9.17) is 0 Å². The fourth-order valence-electron chi connectivity index (χ4n) is 2.40. The maximum absolute atomic E-state index is 12.4. The van der Waals surface area contributed by atoms with E-state index in [0.717, 1.165) is 4.31 Å². The van der Waals surface area contributed by atoms with Gasteiger partial charge in [0.05, 0.1) is 4.90 Å². The highest BCUT2D eigenvalue weighted by molar-refractivity contribution is 7.89. The van der Waals surface area contributed by atoms with E-state index in [9.17, 15) is 13.2 Å². The summed E-state index contributed by atoms with van der Waals surface area (Å²) in [5.74, 6) is 0.174. The fourth-order valence-corrected chi connectivity index (χ4v) is 3.51. The molecule has 0 radical (unpaired) electrons. The van der Waals surface area contributed by atoms with E-state index in [1.165, 1.54) is 19.7 Å². The van der Waals surface area contributed by atoms with Gasteiger partial charge in [-0.15, -0.1) is 0 Å². The van der Waals surface area contributed by atoms with Crippen molar-refractivity contribution in [2.24, 2.45) is 0 Å². The quantitative estimate of drug-likeness (QED) is 0.861. The largest absolute Gasteiger partial charge is 0.348 e. The molecule has 0 aliphatic rings. The van der Waals surface area contributed by atoms with E-state index < -0.39 is 10.0 Å². The van der Waals surface area contributed by atoms with Gasteiger partial charge in [-0.3, -0.25) is 4.79 Å². The third-order valence-electron chi connectivity index (χ3n) is 4.01. The maximum atomic E-state index is 12.4. The predicted molar refractivity (Wildman–Crippen MR) is 99.0 cm³/mol. The molecule has 5 nitrogen and oxygen atoms in total. The summed E-state index contributed by atoms with van der Waals surface area (Å²) in [4.78, 5) is 12.5. The standard InChI is InChI=1S/C19H24N2O3S/c1-14(2)15-9-11-16(12-10-15)19(22)20-13-17-7-5-6-8-18(17)25(23,24)21(3)4/h5-12,14H,13H2,1-4H3,(H,20,22). The first-order valence-corrected chi connectivity index (χ1v) is 9.56.